The SMILES string of the molecule is CCc1nc2ccc(C(F)(F)F)cn2c1C(=O)Nc1ccccc1C(C)C. The van der Waals surface area contributed by atoms with Crippen molar-refractivity contribution < 1.29 is 18.0 Å². The number of anilines is 1. The van der Waals surface area contributed by atoms with Crippen molar-refractivity contribution in [2.75, 3.05) is 5.32 Å². The molecule has 0 aliphatic heterocycles. The second-order valence-electron chi connectivity index (χ2n) is 6.60. The van der Waals surface area contributed by atoms with E-state index in [2.05, 4.69) is 10.3 Å². The van der Waals surface area contributed by atoms with Crippen LogP contribution in [0.2, 0.25) is 0 Å². The molecule has 0 radical (unpaired) electrons. The summed E-state index contributed by atoms with van der Waals surface area (Å²) in [6, 6.07) is 9.63. The van der Waals surface area contributed by atoms with Gasteiger partial charge < -0.3 is 5.32 Å². The van der Waals surface area contributed by atoms with Gasteiger partial charge in [0.05, 0.1) is 11.3 Å². The summed E-state index contributed by atoms with van der Waals surface area (Å²) in [6.07, 6.45) is -3.15. The number of alkyl halides is 3. The average Bonchev–Trinajstić information content (AvgIpc) is 2.99. The number of para-hydroxylation sites is 1. The molecule has 27 heavy (non-hydrogen) atoms. The molecule has 7 heteroatoms. The minimum atomic E-state index is -4.50. The van der Waals surface area contributed by atoms with Crippen molar-refractivity contribution in [3.8, 4) is 0 Å². The number of halogens is 3. The van der Waals surface area contributed by atoms with Gasteiger partial charge in [-0.15, -0.1) is 0 Å². The van der Waals surface area contributed by atoms with Gasteiger partial charge in [-0.2, -0.15) is 13.2 Å². The number of aromatic nitrogens is 2. The summed E-state index contributed by atoms with van der Waals surface area (Å²) in [5.74, 6) is -0.294. The lowest BCUT2D eigenvalue weighted by Crippen LogP contribution is -2.18. The Balaban J connectivity index is 2.08. The maximum Gasteiger partial charge on any atom is 0.417 e. The zero-order valence-electron chi connectivity index (χ0n) is 15.3. The van der Waals surface area contributed by atoms with Crippen molar-refractivity contribution in [2.45, 2.75) is 39.3 Å². The Hall–Kier alpha value is -2.83. The third kappa shape index (κ3) is 3.67. The summed E-state index contributed by atoms with van der Waals surface area (Å²) in [5.41, 5.74) is 1.65. The van der Waals surface area contributed by atoms with Crippen molar-refractivity contribution in [1.82, 2.24) is 9.38 Å². The van der Waals surface area contributed by atoms with Crippen LogP contribution in [0.15, 0.2) is 42.6 Å². The molecule has 1 aromatic carbocycles. The molecular weight excluding hydrogens is 355 g/mol. The molecule has 2 aromatic heterocycles. The van der Waals surface area contributed by atoms with Gasteiger partial charge in [-0.25, -0.2) is 4.98 Å². The number of carbonyl (C=O) groups excluding carboxylic acids is 1. The fraction of sp³-hybridized carbons (Fsp3) is 0.300. The third-order valence-electron chi connectivity index (χ3n) is 4.40. The molecule has 142 valence electrons. The van der Waals surface area contributed by atoms with Crippen LogP contribution in [0.4, 0.5) is 18.9 Å². The standard InChI is InChI=1S/C20H20F3N3O/c1-4-15-18(19(27)25-16-8-6-5-7-14(16)12(2)3)26-11-13(20(21,22)23)9-10-17(26)24-15/h5-12H,4H2,1-3H3,(H,25,27). The Morgan fingerprint density at radius 2 is 1.89 bits per heavy atom. The molecule has 0 saturated carbocycles. The molecule has 1 N–H and O–H groups in total. The molecule has 3 aromatic rings. The van der Waals surface area contributed by atoms with Gasteiger partial charge in [0.15, 0.2) is 0 Å². The smallest absolute Gasteiger partial charge is 0.320 e. The lowest BCUT2D eigenvalue weighted by molar-refractivity contribution is -0.137. The van der Waals surface area contributed by atoms with E-state index < -0.39 is 17.6 Å². The highest BCUT2D eigenvalue weighted by Gasteiger charge is 2.32. The molecule has 0 aliphatic carbocycles. The summed E-state index contributed by atoms with van der Waals surface area (Å²) < 4.78 is 40.5. The Kier molecular flexibility index (Phi) is 4.95. The zero-order valence-corrected chi connectivity index (χ0v) is 15.3. The van der Waals surface area contributed by atoms with Gasteiger partial charge in [-0.1, -0.05) is 39.0 Å². The van der Waals surface area contributed by atoms with E-state index in [1.807, 2.05) is 32.9 Å². The molecule has 4 nitrogen and oxygen atoms in total. The Labute approximate surface area is 155 Å². The average molecular weight is 375 g/mol. The minimum Gasteiger partial charge on any atom is -0.320 e. The summed E-state index contributed by atoms with van der Waals surface area (Å²) in [4.78, 5) is 17.3. The number of pyridine rings is 1. The minimum absolute atomic E-state index is 0.122. The van der Waals surface area contributed by atoms with Crippen LogP contribution in [-0.2, 0) is 12.6 Å². The Morgan fingerprint density at radius 3 is 2.52 bits per heavy atom. The third-order valence-corrected chi connectivity index (χ3v) is 4.40. The van der Waals surface area contributed by atoms with E-state index in [-0.39, 0.29) is 11.6 Å². The van der Waals surface area contributed by atoms with Crippen molar-refractivity contribution in [3.05, 3.63) is 65.1 Å². The summed E-state index contributed by atoms with van der Waals surface area (Å²) in [5, 5.41) is 2.84. The van der Waals surface area contributed by atoms with Crippen molar-refractivity contribution in [1.29, 1.82) is 0 Å². The number of hydrogen-bond acceptors (Lipinski definition) is 2. The number of aryl methyl sites for hydroxylation is 1. The highest BCUT2D eigenvalue weighted by molar-refractivity contribution is 6.05. The number of rotatable bonds is 4. The zero-order chi connectivity index (χ0) is 19.8. The fourth-order valence-electron chi connectivity index (χ4n) is 3.04. The number of nitrogens with one attached hydrogen (secondary N) is 1. The van der Waals surface area contributed by atoms with Gasteiger partial charge in [0.1, 0.15) is 11.3 Å². The highest BCUT2D eigenvalue weighted by atomic mass is 19.4. The second-order valence-corrected chi connectivity index (χ2v) is 6.60. The van der Waals surface area contributed by atoms with Gasteiger partial charge in [0.25, 0.3) is 5.91 Å². The molecule has 0 unspecified atom stereocenters. The number of carbonyl (C=O) groups is 1. The topological polar surface area (TPSA) is 46.4 Å². The summed E-state index contributed by atoms with van der Waals surface area (Å²) in [7, 11) is 0. The Morgan fingerprint density at radius 1 is 1.19 bits per heavy atom. The number of imidazole rings is 1. The van der Waals surface area contributed by atoms with Gasteiger partial charge in [-0.05, 0) is 36.1 Å². The maximum absolute atomic E-state index is 13.1. The molecule has 1 amide bonds. The van der Waals surface area contributed by atoms with E-state index >= 15 is 0 Å². The summed E-state index contributed by atoms with van der Waals surface area (Å²) >= 11 is 0. The molecule has 0 fully saturated rings. The van der Waals surface area contributed by atoms with Crippen LogP contribution >= 0.6 is 0 Å². The van der Waals surface area contributed by atoms with Crippen LogP contribution in [0.1, 0.15) is 54.0 Å². The predicted molar refractivity (Wildman–Crippen MR) is 98.1 cm³/mol. The molecule has 2 heterocycles. The van der Waals surface area contributed by atoms with E-state index in [1.165, 1.54) is 10.5 Å². The number of benzene rings is 1. The second kappa shape index (κ2) is 7.06. The summed E-state index contributed by atoms with van der Waals surface area (Å²) in [6.45, 7) is 5.82. The number of fused-ring (bicyclic) bond motifs is 1. The van der Waals surface area contributed by atoms with Crippen molar-refractivity contribution in [3.63, 3.8) is 0 Å². The van der Waals surface area contributed by atoms with Crippen LogP contribution in [0.25, 0.3) is 5.65 Å². The van der Waals surface area contributed by atoms with Gasteiger partial charge >= 0.3 is 6.18 Å². The highest BCUT2D eigenvalue weighted by Crippen LogP contribution is 2.30. The van der Waals surface area contributed by atoms with E-state index in [0.717, 1.165) is 17.8 Å². The first-order valence-corrected chi connectivity index (χ1v) is 8.70. The van der Waals surface area contributed by atoms with E-state index in [1.54, 1.807) is 12.1 Å². The normalized spacial score (nSPS) is 12.0. The van der Waals surface area contributed by atoms with Gasteiger partial charge in [0.2, 0.25) is 0 Å². The van der Waals surface area contributed by atoms with E-state index in [9.17, 15) is 18.0 Å². The molecule has 0 spiro atoms. The van der Waals surface area contributed by atoms with Crippen LogP contribution in [0.3, 0.4) is 0 Å². The molecule has 0 aliphatic rings. The first-order chi connectivity index (χ1) is 12.7. The van der Waals surface area contributed by atoms with Crippen molar-refractivity contribution >= 4 is 17.2 Å². The maximum atomic E-state index is 13.1. The Bertz CT molecular complexity index is 990. The quantitative estimate of drug-likeness (QED) is 0.673. The van der Waals surface area contributed by atoms with Crippen molar-refractivity contribution in [2.24, 2.45) is 0 Å². The fourth-order valence-corrected chi connectivity index (χ4v) is 3.04. The predicted octanol–water partition coefficient (Wildman–Crippen LogP) is 5.29. The van der Waals surface area contributed by atoms with E-state index in [4.69, 9.17) is 0 Å². The van der Waals surface area contributed by atoms with Crippen LogP contribution in [0.5, 0.6) is 0 Å². The first-order valence-electron chi connectivity index (χ1n) is 8.70. The largest absolute Gasteiger partial charge is 0.417 e. The lowest BCUT2D eigenvalue weighted by atomic mass is 10.0. The molecule has 0 saturated heterocycles. The number of nitrogens with zero attached hydrogens (tertiary/aromatic N) is 2. The lowest BCUT2D eigenvalue weighted by Gasteiger charge is -2.14. The van der Waals surface area contributed by atoms with Gasteiger partial charge in [0, 0.05) is 11.9 Å². The van der Waals surface area contributed by atoms with Crippen LogP contribution < -0.4 is 5.32 Å². The van der Waals surface area contributed by atoms with Crippen LogP contribution in [-0.4, -0.2) is 15.3 Å². The molecule has 3 rings (SSSR count). The number of amides is 1. The number of hydrogen-bond donors (Lipinski definition) is 1. The van der Waals surface area contributed by atoms with E-state index in [0.29, 0.717) is 23.4 Å². The molecule has 0 atom stereocenters. The van der Waals surface area contributed by atoms with Crippen LogP contribution in [0, 0.1) is 0 Å². The van der Waals surface area contributed by atoms with Gasteiger partial charge in [-0.3, -0.25) is 9.20 Å². The molecule has 0 bridgehead atoms. The first kappa shape index (κ1) is 18.9. The molecular formula is C20H20F3N3O. The monoisotopic (exact) mass is 375 g/mol.